The van der Waals surface area contributed by atoms with E-state index in [2.05, 4.69) is 0 Å². The molecule has 1 unspecified atom stereocenters. The van der Waals surface area contributed by atoms with Gasteiger partial charge in [-0.05, 0) is 31.4 Å². The van der Waals surface area contributed by atoms with Crippen LogP contribution in [0.25, 0.3) is 0 Å². The first kappa shape index (κ1) is 14.1. The molecule has 21 heavy (non-hydrogen) atoms. The van der Waals surface area contributed by atoms with Crippen LogP contribution >= 0.6 is 0 Å². The fourth-order valence-corrected chi connectivity index (χ4v) is 3.02. The maximum Gasteiger partial charge on any atom is 0.254 e. The number of rotatable bonds is 2. The third kappa shape index (κ3) is 2.78. The van der Waals surface area contributed by atoms with Crippen LogP contribution in [0.2, 0.25) is 0 Å². The van der Waals surface area contributed by atoms with Crippen LogP contribution < -0.4 is 0 Å². The summed E-state index contributed by atoms with van der Waals surface area (Å²) in [6.45, 7) is 1.41. The van der Waals surface area contributed by atoms with Crippen molar-refractivity contribution in [3.63, 3.8) is 0 Å². The van der Waals surface area contributed by atoms with E-state index in [-0.39, 0.29) is 17.9 Å². The summed E-state index contributed by atoms with van der Waals surface area (Å²) in [5, 5.41) is 9.34. The summed E-state index contributed by atoms with van der Waals surface area (Å²) in [5.41, 5.74) is 0.626. The van der Waals surface area contributed by atoms with Crippen molar-refractivity contribution in [1.29, 1.82) is 0 Å². The second-order valence-electron chi connectivity index (χ2n) is 5.77. The Morgan fingerprint density at radius 1 is 1.10 bits per heavy atom. The van der Waals surface area contributed by atoms with Gasteiger partial charge in [-0.2, -0.15) is 0 Å². The number of carbonyl (C=O) groups is 2. The zero-order chi connectivity index (χ0) is 14.8. The Kier molecular flexibility index (Phi) is 3.92. The van der Waals surface area contributed by atoms with Crippen LogP contribution in [0.3, 0.4) is 0 Å². The Hall–Kier alpha value is -1.88. The first-order valence-corrected chi connectivity index (χ1v) is 7.49. The van der Waals surface area contributed by atoms with Gasteiger partial charge in [0, 0.05) is 25.2 Å². The molecule has 2 aliphatic heterocycles. The molecule has 1 aromatic carbocycles. The molecular formula is C16H20N2O3. The molecule has 0 saturated carbocycles. The average Bonchev–Trinajstić information content (AvgIpc) is 2.51. The van der Waals surface area contributed by atoms with Crippen molar-refractivity contribution < 1.29 is 14.7 Å². The molecule has 2 amide bonds. The molecule has 1 atom stereocenters. The van der Waals surface area contributed by atoms with Crippen molar-refractivity contribution in [2.75, 3.05) is 19.6 Å². The number of aliphatic hydroxyl groups excluding tert-OH is 1. The van der Waals surface area contributed by atoms with E-state index < -0.39 is 6.10 Å². The molecule has 2 saturated heterocycles. The molecule has 5 nitrogen and oxygen atoms in total. The second-order valence-corrected chi connectivity index (χ2v) is 5.77. The first-order chi connectivity index (χ1) is 10.2. The largest absolute Gasteiger partial charge is 0.389 e. The molecule has 3 rings (SSSR count). The highest BCUT2D eigenvalue weighted by Gasteiger charge is 2.39. The summed E-state index contributed by atoms with van der Waals surface area (Å²) in [7, 11) is 0. The van der Waals surface area contributed by atoms with E-state index in [1.807, 2.05) is 18.2 Å². The monoisotopic (exact) mass is 288 g/mol. The van der Waals surface area contributed by atoms with Crippen LogP contribution in [0.1, 0.15) is 29.6 Å². The first-order valence-electron chi connectivity index (χ1n) is 7.49. The number of aliphatic hydroxyl groups is 1. The van der Waals surface area contributed by atoms with Gasteiger partial charge < -0.3 is 14.9 Å². The van der Waals surface area contributed by atoms with Crippen LogP contribution in [0.4, 0.5) is 0 Å². The zero-order valence-corrected chi connectivity index (χ0v) is 11.9. The molecule has 2 fully saturated rings. The molecule has 1 N–H and O–H groups in total. The summed E-state index contributed by atoms with van der Waals surface area (Å²) in [5.74, 6) is -0.0981. The maximum atomic E-state index is 12.6. The van der Waals surface area contributed by atoms with E-state index in [9.17, 15) is 14.7 Å². The van der Waals surface area contributed by atoms with Gasteiger partial charge in [-0.3, -0.25) is 9.59 Å². The van der Waals surface area contributed by atoms with E-state index in [1.165, 1.54) is 0 Å². The van der Waals surface area contributed by atoms with Gasteiger partial charge in [0.2, 0.25) is 5.91 Å². The van der Waals surface area contributed by atoms with Crippen LogP contribution in [0.15, 0.2) is 30.3 Å². The topological polar surface area (TPSA) is 60.9 Å². The van der Waals surface area contributed by atoms with Gasteiger partial charge >= 0.3 is 0 Å². The Bertz CT molecular complexity index is 526. The SMILES string of the molecule is O=C(C1CCCCN1C(=O)c1ccccc1)N1CC(O)C1. The minimum absolute atomic E-state index is 0.0238. The summed E-state index contributed by atoms with van der Waals surface area (Å²) < 4.78 is 0. The Morgan fingerprint density at radius 2 is 1.81 bits per heavy atom. The standard InChI is InChI=1S/C16H20N2O3/c19-13-10-17(11-13)16(21)14-8-4-5-9-18(14)15(20)12-6-2-1-3-7-12/h1-3,6-7,13-14,19H,4-5,8-11H2. The smallest absolute Gasteiger partial charge is 0.254 e. The molecular weight excluding hydrogens is 268 g/mol. The summed E-state index contributed by atoms with van der Waals surface area (Å²) in [6, 6.07) is 8.73. The molecule has 0 aromatic heterocycles. The van der Waals surface area contributed by atoms with Gasteiger partial charge in [-0.25, -0.2) is 0 Å². The Balaban J connectivity index is 1.75. The van der Waals surface area contributed by atoms with Crippen molar-refractivity contribution >= 4 is 11.8 Å². The zero-order valence-electron chi connectivity index (χ0n) is 11.9. The number of nitrogens with zero attached hydrogens (tertiary/aromatic N) is 2. The van der Waals surface area contributed by atoms with Gasteiger partial charge in [-0.1, -0.05) is 18.2 Å². The number of hydrogen-bond acceptors (Lipinski definition) is 3. The number of amides is 2. The van der Waals surface area contributed by atoms with Crippen LogP contribution in [-0.2, 0) is 4.79 Å². The molecule has 0 bridgehead atoms. The normalized spacial score (nSPS) is 22.8. The van der Waals surface area contributed by atoms with Gasteiger partial charge in [-0.15, -0.1) is 0 Å². The predicted octanol–water partition coefficient (Wildman–Crippen LogP) is 0.884. The molecule has 112 valence electrons. The predicted molar refractivity (Wildman–Crippen MR) is 77.7 cm³/mol. The van der Waals surface area contributed by atoms with Gasteiger partial charge in [0.1, 0.15) is 6.04 Å². The summed E-state index contributed by atoms with van der Waals surface area (Å²) >= 11 is 0. The lowest BCUT2D eigenvalue weighted by Crippen LogP contribution is -2.60. The highest BCUT2D eigenvalue weighted by Crippen LogP contribution is 2.23. The fraction of sp³-hybridized carbons (Fsp3) is 0.500. The van der Waals surface area contributed by atoms with Crippen molar-refractivity contribution in [2.24, 2.45) is 0 Å². The van der Waals surface area contributed by atoms with E-state index in [0.29, 0.717) is 31.6 Å². The number of carbonyl (C=O) groups excluding carboxylic acids is 2. The van der Waals surface area contributed by atoms with Crippen molar-refractivity contribution in [3.05, 3.63) is 35.9 Å². The van der Waals surface area contributed by atoms with Gasteiger partial charge in [0.15, 0.2) is 0 Å². The summed E-state index contributed by atoms with van der Waals surface area (Å²) in [4.78, 5) is 28.5. The second kappa shape index (κ2) is 5.85. The minimum Gasteiger partial charge on any atom is -0.389 e. The maximum absolute atomic E-state index is 12.6. The van der Waals surface area contributed by atoms with Gasteiger partial charge in [0.25, 0.3) is 5.91 Å². The van der Waals surface area contributed by atoms with Crippen LogP contribution in [-0.4, -0.2) is 58.5 Å². The van der Waals surface area contributed by atoms with Gasteiger partial charge in [0.05, 0.1) is 6.10 Å². The van der Waals surface area contributed by atoms with E-state index in [1.54, 1.807) is 21.9 Å². The molecule has 2 heterocycles. The van der Waals surface area contributed by atoms with Crippen molar-refractivity contribution in [2.45, 2.75) is 31.4 Å². The number of hydrogen-bond donors (Lipinski definition) is 1. The van der Waals surface area contributed by atoms with Crippen molar-refractivity contribution in [3.8, 4) is 0 Å². The van der Waals surface area contributed by atoms with E-state index >= 15 is 0 Å². The molecule has 5 heteroatoms. The number of piperidine rings is 1. The lowest BCUT2D eigenvalue weighted by atomic mass is 9.98. The molecule has 0 radical (unpaired) electrons. The van der Waals surface area contributed by atoms with Crippen LogP contribution in [0.5, 0.6) is 0 Å². The van der Waals surface area contributed by atoms with E-state index in [0.717, 1.165) is 12.8 Å². The molecule has 2 aliphatic rings. The number of likely N-dealkylation sites (tertiary alicyclic amines) is 2. The highest BCUT2D eigenvalue weighted by molar-refractivity contribution is 5.97. The van der Waals surface area contributed by atoms with E-state index in [4.69, 9.17) is 0 Å². The Morgan fingerprint density at radius 3 is 2.48 bits per heavy atom. The van der Waals surface area contributed by atoms with Crippen LogP contribution in [0, 0.1) is 0 Å². The third-order valence-electron chi connectivity index (χ3n) is 4.24. The molecule has 0 spiro atoms. The quantitative estimate of drug-likeness (QED) is 0.879. The third-order valence-corrected chi connectivity index (χ3v) is 4.24. The summed E-state index contributed by atoms with van der Waals surface area (Å²) in [6.07, 6.45) is 2.20. The lowest BCUT2D eigenvalue weighted by molar-refractivity contribution is -0.147. The lowest BCUT2D eigenvalue weighted by Gasteiger charge is -2.42. The number of benzene rings is 1. The highest BCUT2D eigenvalue weighted by atomic mass is 16.3. The molecule has 1 aromatic rings. The molecule has 0 aliphatic carbocycles. The average molecular weight is 288 g/mol. The minimum atomic E-state index is -0.407. The Labute approximate surface area is 124 Å². The number of β-amino-alcohol motifs (C(OH)–C–C–N with tert-alkyl or cyclic N) is 1. The van der Waals surface area contributed by atoms with Crippen molar-refractivity contribution in [1.82, 2.24) is 9.80 Å². The fourth-order valence-electron chi connectivity index (χ4n) is 3.02.